The topological polar surface area (TPSA) is 52.3 Å². The van der Waals surface area contributed by atoms with Crippen LogP contribution in [0.3, 0.4) is 0 Å². The SMILES string of the molecule is COCC(N)CC(=O)c1ccc(I)cc1. The molecule has 0 bridgehead atoms. The van der Waals surface area contributed by atoms with Crippen LogP contribution in [0.15, 0.2) is 24.3 Å². The quantitative estimate of drug-likeness (QED) is 0.665. The number of halogens is 1. The second-order valence-electron chi connectivity index (χ2n) is 3.35. The Morgan fingerprint density at radius 3 is 2.60 bits per heavy atom. The smallest absolute Gasteiger partial charge is 0.164 e. The van der Waals surface area contributed by atoms with Gasteiger partial charge in [0.2, 0.25) is 0 Å². The highest BCUT2D eigenvalue weighted by molar-refractivity contribution is 14.1. The molecule has 0 saturated carbocycles. The van der Waals surface area contributed by atoms with Crippen molar-refractivity contribution >= 4 is 28.4 Å². The molecule has 0 saturated heterocycles. The highest BCUT2D eigenvalue weighted by atomic mass is 127. The van der Waals surface area contributed by atoms with Crippen molar-refractivity contribution in [3.63, 3.8) is 0 Å². The molecule has 0 aromatic heterocycles. The van der Waals surface area contributed by atoms with Crippen LogP contribution in [0.2, 0.25) is 0 Å². The first-order chi connectivity index (χ1) is 7.13. The summed E-state index contributed by atoms with van der Waals surface area (Å²) in [6, 6.07) is 7.25. The summed E-state index contributed by atoms with van der Waals surface area (Å²) >= 11 is 2.20. The van der Waals surface area contributed by atoms with E-state index in [4.69, 9.17) is 10.5 Å². The van der Waals surface area contributed by atoms with E-state index in [1.807, 2.05) is 24.3 Å². The fourth-order valence-electron chi connectivity index (χ4n) is 1.26. The van der Waals surface area contributed by atoms with E-state index in [0.29, 0.717) is 18.6 Å². The Morgan fingerprint density at radius 2 is 2.07 bits per heavy atom. The van der Waals surface area contributed by atoms with Gasteiger partial charge in [0.25, 0.3) is 0 Å². The third-order valence-electron chi connectivity index (χ3n) is 1.99. The van der Waals surface area contributed by atoms with Gasteiger partial charge in [-0.1, -0.05) is 12.1 Å². The van der Waals surface area contributed by atoms with Crippen LogP contribution in [0.25, 0.3) is 0 Å². The second-order valence-corrected chi connectivity index (χ2v) is 4.60. The van der Waals surface area contributed by atoms with Crippen molar-refractivity contribution in [3.05, 3.63) is 33.4 Å². The molecule has 1 unspecified atom stereocenters. The summed E-state index contributed by atoms with van der Waals surface area (Å²) < 4.78 is 6.00. The van der Waals surface area contributed by atoms with Crippen molar-refractivity contribution in [3.8, 4) is 0 Å². The summed E-state index contributed by atoms with van der Waals surface area (Å²) in [5, 5.41) is 0. The molecule has 3 nitrogen and oxygen atoms in total. The first-order valence-corrected chi connectivity index (χ1v) is 5.74. The number of carbonyl (C=O) groups excluding carboxylic acids is 1. The number of ether oxygens (including phenoxy) is 1. The summed E-state index contributed by atoms with van der Waals surface area (Å²) in [5.74, 6) is 0.0657. The molecule has 1 atom stereocenters. The first-order valence-electron chi connectivity index (χ1n) is 4.66. The maximum Gasteiger partial charge on any atom is 0.164 e. The summed E-state index contributed by atoms with van der Waals surface area (Å²) in [6.45, 7) is 0.413. The van der Waals surface area contributed by atoms with E-state index in [-0.39, 0.29) is 11.8 Å². The molecule has 1 aromatic carbocycles. The van der Waals surface area contributed by atoms with E-state index in [1.165, 1.54) is 0 Å². The van der Waals surface area contributed by atoms with Gasteiger partial charge in [-0.25, -0.2) is 0 Å². The van der Waals surface area contributed by atoms with Gasteiger partial charge < -0.3 is 10.5 Å². The molecule has 0 heterocycles. The summed E-state index contributed by atoms with van der Waals surface area (Å²) in [7, 11) is 1.58. The van der Waals surface area contributed by atoms with E-state index in [2.05, 4.69) is 22.6 Å². The summed E-state index contributed by atoms with van der Waals surface area (Å²) in [6.07, 6.45) is 0.328. The van der Waals surface area contributed by atoms with Crippen molar-refractivity contribution in [1.82, 2.24) is 0 Å². The monoisotopic (exact) mass is 319 g/mol. The second kappa shape index (κ2) is 6.19. The maximum atomic E-state index is 11.7. The van der Waals surface area contributed by atoms with Gasteiger partial charge in [0.05, 0.1) is 6.61 Å². The third-order valence-corrected chi connectivity index (χ3v) is 2.71. The highest BCUT2D eigenvalue weighted by Crippen LogP contribution is 2.09. The van der Waals surface area contributed by atoms with Gasteiger partial charge in [-0.15, -0.1) is 0 Å². The van der Waals surface area contributed by atoms with Gasteiger partial charge in [-0.05, 0) is 34.7 Å². The van der Waals surface area contributed by atoms with E-state index in [0.717, 1.165) is 3.57 Å². The standard InChI is InChI=1S/C11H14INO2/c1-15-7-10(13)6-11(14)8-2-4-9(12)5-3-8/h2-5,10H,6-7,13H2,1H3. The van der Waals surface area contributed by atoms with Crippen molar-refractivity contribution in [1.29, 1.82) is 0 Å². The zero-order chi connectivity index (χ0) is 11.3. The minimum absolute atomic E-state index is 0.0657. The zero-order valence-electron chi connectivity index (χ0n) is 8.57. The highest BCUT2D eigenvalue weighted by Gasteiger charge is 2.11. The molecule has 2 N–H and O–H groups in total. The van der Waals surface area contributed by atoms with E-state index >= 15 is 0 Å². The molecule has 0 fully saturated rings. The fraction of sp³-hybridized carbons (Fsp3) is 0.364. The molecule has 0 radical (unpaired) electrons. The van der Waals surface area contributed by atoms with Gasteiger partial charge in [-0.2, -0.15) is 0 Å². The Labute approximate surface area is 103 Å². The van der Waals surface area contributed by atoms with Crippen molar-refractivity contribution in [2.24, 2.45) is 5.73 Å². The molecular weight excluding hydrogens is 305 g/mol. The normalized spacial score (nSPS) is 12.5. The number of hydrogen-bond acceptors (Lipinski definition) is 3. The molecule has 15 heavy (non-hydrogen) atoms. The van der Waals surface area contributed by atoms with Crippen LogP contribution < -0.4 is 5.73 Å². The first kappa shape index (κ1) is 12.6. The van der Waals surface area contributed by atoms with Crippen molar-refractivity contribution in [2.75, 3.05) is 13.7 Å². The lowest BCUT2D eigenvalue weighted by Gasteiger charge is -2.09. The van der Waals surface area contributed by atoms with Crippen LogP contribution in [-0.4, -0.2) is 25.5 Å². The number of benzene rings is 1. The van der Waals surface area contributed by atoms with Crippen LogP contribution in [-0.2, 0) is 4.74 Å². The summed E-state index contributed by atoms with van der Waals surface area (Å²) in [4.78, 5) is 11.7. The molecule has 0 amide bonds. The number of nitrogens with two attached hydrogens (primary N) is 1. The fourth-order valence-corrected chi connectivity index (χ4v) is 1.62. The number of methoxy groups -OCH3 is 1. The van der Waals surface area contributed by atoms with Crippen molar-refractivity contribution < 1.29 is 9.53 Å². The Bertz CT molecular complexity index is 324. The van der Waals surface area contributed by atoms with Crippen LogP contribution in [0.1, 0.15) is 16.8 Å². The largest absolute Gasteiger partial charge is 0.383 e. The molecule has 0 aliphatic carbocycles. The number of rotatable bonds is 5. The van der Waals surface area contributed by atoms with Gasteiger partial charge in [0.1, 0.15) is 0 Å². The van der Waals surface area contributed by atoms with Gasteiger partial charge in [0.15, 0.2) is 5.78 Å². The third kappa shape index (κ3) is 4.27. The number of Topliss-reactive ketones (excluding diaryl/α,β-unsaturated/α-hetero) is 1. The molecule has 1 aromatic rings. The minimum atomic E-state index is -0.221. The van der Waals surface area contributed by atoms with Crippen LogP contribution in [0.4, 0.5) is 0 Å². The van der Waals surface area contributed by atoms with E-state index in [9.17, 15) is 4.79 Å². The summed E-state index contributed by atoms with van der Waals surface area (Å²) in [5.41, 5.74) is 6.42. The molecule has 0 spiro atoms. The predicted octanol–water partition coefficient (Wildman–Crippen LogP) is 1.84. The van der Waals surface area contributed by atoms with E-state index in [1.54, 1.807) is 7.11 Å². The lowest BCUT2D eigenvalue weighted by atomic mass is 10.0. The Morgan fingerprint density at radius 1 is 1.47 bits per heavy atom. The molecular formula is C11H14INO2. The minimum Gasteiger partial charge on any atom is -0.383 e. The van der Waals surface area contributed by atoms with Gasteiger partial charge in [-0.3, -0.25) is 4.79 Å². The lowest BCUT2D eigenvalue weighted by Crippen LogP contribution is -2.28. The average molecular weight is 319 g/mol. The molecule has 0 aliphatic heterocycles. The molecule has 0 aliphatic rings. The van der Waals surface area contributed by atoms with Gasteiger partial charge >= 0.3 is 0 Å². The zero-order valence-corrected chi connectivity index (χ0v) is 10.7. The maximum absolute atomic E-state index is 11.7. The number of ketones is 1. The van der Waals surface area contributed by atoms with Crippen LogP contribution >= 0.6 is 22.6 Å². The van der Waals surface area contributed by atoms with Gasteiger partial charge in [0, 0.05) is 28.7 Å². The predicted molar refractivity (Wildman–Crippen MR) is 68.0 cm³/mol. The Balaban J connectivity index is 2.57. The average Bonchev–Trinajstić information content (AvgIpc) is 2.18. The number of carbonyl (C=O) groups is 1. The van der Waals surface area contributed by atoms with Crippen LogP contribution in [0, 0.1) is 3.57 Å². The number of hydrogen-bond donors (Lipinski definition) is 1. The van der Waals surface area contributed by atoms with Crippen LogP contribution in [0.5, 0.6) is 0 Å². The van der Waals surface area contributed by atoms with E-state index < -0.39 is 0 Å². The molecule has 4 heteroatoms. The molecule has 82 valence electrons. The lowest BCUT2D eigenvalue weighted by molar-refractivity contribution is 0.0949. The molecule has 1 rings (SSSR count). The van der Waals surface area contributed by atoms with Crippen molar-refractivity contribution in [2.45, 2.75) is 12.5 Å². The Hall–Kier alpha value is -0.460. The Kier molecular flexibility index (Phi) is 5.21.